The topological polar surface area (TPSA) is 92.5 Å². The number of aryl methyl sites for hydroxylation is 1. The molecule has 0 saturated heterocycles. The first kappa shape index (κ1) is 14.5. The van der Waals surface area contributed by atoms with Gasteiger partial charge in [0.1, 0.15) is 5.56 Å². The largest absolute Gasteiger partial charge is 0.393 e. The zero-order valence-corrected chi connectivity index (χ0v) is 11.3. The van der Waals surface area contributed by atoms with E-state index in [2.05, 4.69) is 5.32 Å². The number of amides is 1. The molecule has 6 nitrogen and oxygen atoms in total. The van der Waals surface area contributed by atoms with Gasteiger partial charge in [0.05, 0.1) is 11.0 Å². The van der Waals surface area contributed by atoms with Crippen molar-refractivity contribution < 1.29 is 14.8 Å². The summed E-state index contributed by atoms with van der Waals surface area (Å²) in [6.45, 7) is 1.69. The minimum atomic E-state index is -0.535. The number of benzene rings is 1. The van der Waals surface area contributed by atoms with Gasteiger partial charge in [-0.15, -0.1) is 0 Å². The first-order valence-corrected chi connectivity index (χ1v) is 6.72. The zero-order chi connectivity index (χ0) is 14.7. The molecular formula is C14H18N2O4. The molecule has 20 heavy (non-hydrogen) atoms. The number of nitro benzene ring substituents is 1. The average molecular weight is 278 g/mol. The number of nitrogens with zero attached hydrogens (tertiary/aromatic N) is 1. The van der Waals surface area contributed by atoms with Crippen molar-refractivity contribution in [2.75, 3.05) is 0 Å². The van der Waals surface area contributed by atoms with Crippen molar-refractivity contribution in [2.24, 2.45) is 0 Å². The van der Waals surface area contributed by atoms with Gasteiger partial charge in [0.25, 0.3) is 11.6 Å². The van der Waals surface area contributed by atoms with Crippen LogP contribution in [-0.2, 0) is 0 Å². The third-order valence-electron chi connectivity index (χ3n) is 3.71. The second-order valence-electron chi connectivity index (χ2n) is 5.21. The predicted molar refractivity (Wildman–Crippen MR) is 73.6 cm³/mol. The molecule has 0 bridgehead atoms. The summed E-state index contributed by atoms with van der Waals surface area (Å²) in [7, 11) is 0. The van der Waals surface area contributed by atoms with E-state index in [0.29, 0.717) is 31.2 Å². The molecule has 2 rings (SSSR count). The van der Waals surface area contributed by atoms with Crippen molar-refractivity contribution in [3.05, 3.63) is 39.4 Å². The highest BCUT2D eigenvalue weighted by Crippen LogP contribution is 2.23. The van der Waals surface area contributed by atoms with Crippen molar-refractivity contribution in [1.82, 2.24) is 5.32 Å². The number of aliphatic hydroxyl groups excluding tert-OH is 1. The first-order valence-electron chi connectivity index (χ1n) is 6.72. The lowest BCUT2D eigenvalue weighted by Crippen LogP contribution is -2.39. The standard InChI is InChI=1S/C14H18N2O4/c1-9-3-2-4-12(16(19)20)13(9)14(18)15-10-5-7-11(17)8-6-10/h2-4,10-11,17H,5-8H2,1H3,(H,15,18). The fourth-order valence-corrected chi connectivity index (χ4v) is 2.58. The Morgan fingerprint density at radius 1 is 1.35 bits per heavy atom. The molecule has 1 aromatic rings. The first-order chi connectivity index (χ1) is 9.49. The molecule has 2 N–H and O–H groups in total. The Morgan fingerprint density at radius 2 is 2.00 bits per heavy atom. The SMILES string of the molecule is Cc1cccc([N+](=O)[O-])c1C(=O)NC1CCC(O)CC1. The van der Waals surface area contributed by atoms with Gasteiger partial charge in [-0.25, -0.2) is 0 Å². The quantitative estimate of drug-likeness (QED) is 0.652. The Balaban J connectivity index is 2.15. The molecule has 0 atom stereocenters. The van der Waals surface area contributed by atoms with Crippen LogP contribution in [0.1, 0.15) is 41.6 Å². The van der Waals surface area contributed by atoms with Crippen molar-refractivity contribution in [2.45, 2.75) is 44.8 Å². The van der Waals surface area contributed by atoms with Crippen LogP contribution in [0.5, 0.6) is 0 Å². The fraction of sp³-hybridized carbons (Fsp3) is 0.500. The van der Waals surface area contributed by atoms with E-state index in [9.17, 15) is 20.0 Å². The lowest BCUT2D eigenvalue weighted by atomic mass is 9.92. The summed E-state index contributed by atoms with van der Waals surface area (Å²) in [5.41, 5.74) is 0.550. The highest BCUT2D eigenvalue weighted by Gasteiger charge is 2.26. The zero-order valence-electron chi connectivity index (χ0n) is 11.3. The monoisotopic (exact) mass is 278 g/mol. The summed E-state index contributed by atoms with van der Waals surface area (Å²) >= 11 is 0. The van der Waals surface area contributed by atoms with Crippen LogP contribution in [-0.4, -0.2) is 28.1 Å². The van der Waals surface area contributed by atoms with Crippen LogP contribution in [0.15, 0.2) is 18.2 Å². The van der Waals surface area contributed by atoms with Gasteiger partial charge in [0.15, 0.2) is 0 Å². The highest BCUT2D eigenvalue weighted by molar-refractivity contribution is 5.99. The lowest BCUT2D eigenvalue weighted by Gasteiger charge is -2.26. The minimum absolute atomic E-state index is 0.0230. The van der Waals surface area contributed by atoms with Crippen LogP contribution in [0, 0.1) is 17.0 Å². The molecule has 6 heteroatoms. The van der Waals surface area contributed by atoms with E-state index in [0.717, 1.165) is 0 Å². The summed E-state index contributed by atoms with van der Waals surface area (Å²) in [6, 6.07) is 4.57. The molecule has 0 spiro atoms. The van der Waals surface area contributed by atoms with Gasteiger partial charge in [-0.05, 0) is 38.2 Å². The second kappa shape index (κ2) is 6.00. The number of nitrogens with one attached hydrogen (secondary N) is 1. The third-order valence-corrected chi connectivity index (χ3v) is 3.71. The maximum Gasteiger partial charge on any atom is 0.282 e. The number of carbonyl (C=O) groups is 1. The molecule has 1 fully saturated rings. The van der Waals surface area contributed by atoms with E-state index in [1.807, 2.05) is 0 Å². The fourth-order valence-electron chi connectivity index (χ4n) is 2.58. The van der Waals surface area contributed by atoms with Crippen LogP contribution in [0.4, 0.5) is 5.69 Å². The van der Waals surface area contributed by atoms with Gasteiger partial charge in [0.2, 0.25) is 0 Å². The van der Waals surface area contributed by atoms with Crippen molar-refractivity contribution >= 4 is 11.6 Å². The molecule has 1 amide bonds. The van der Waals surface area contributed by atoms with Gasteiger partial charge in [-0.2, -0.15) is 0 Å². The Bertz CT molecular complexity index is 522. The third kappa shape index (κ3) is 3.14. The number of rotatable bonds is 3. The van der Waals surface area contributed by atoms with Crippen molar-refractivity contribution in [3.8, 4) is 0 Å². The molecular weight excluding hydrogens is 260 g/mol. The molecule has 0 heterocycles. The number of carbonyl (C=O) groups excluding carboxylic acids is 1. The van der Waals surface area contributed by atoms with E-state index >= 15 is 0 Å². The maximum absolute atomic E-state index is 12.3. The Labute approximate surface area is 117 Å². The number of hydrogen-bond acceptors (Lipinski definition) is 4. The maximum atomic E-state index is 12.3. The van der Waals surface area contributed by atoms with Crippen LogP contribution < -0.4 is 5.32 Å². The molecule has 0 aliphatic heterocycles. The van der Waals surface area contributed by atoms with Crippen LogP contribution in [0.3, 0.4) is 0 Å². The van der Waals surface area contributed by atoms with E-state index < -0.39 is 10.8 Å². The smallest absolute Gasteiger partial charge is 0.282 e. The summed E-state index contributed by atoms with van der Waals surface area (Å²) in [5.74, 6) is -0.406. The summed E-state index contributed by atoms with van der Waals surface area (Å²) in [6.07, 6.45) is 2.41. The molecule has 1 aliphatic carbocycles. The van der Waals surface area contributed by atoms with Crippen LogP contribution in [0.25, 0.3) is 0 Å². The molecule has 1 aliphatic rings. The molecule has 1 aromatic carbocycles. The van der Waals surface area contributed by atoms with Crippen molar-refractivity contribution in [3.63, 3.8) is 0 Å². The lowest BCUT2D eigenvalue weighted by molar-refractivity contribution is -0.385. The number of hydrogen-bond donors (Lipinski definition) is 2. The predicted octanol–water partition coefficient (Wildman–Crippen LogP) is 1.94. The minimum Gasteiger partial charge on any atom is -0.393 e. The van der Waals surface area contributed by atoms with E-state index in [1.54, 1.807) is 19.1 Å². The molecule has 0 radical (unpaired) electrons. The molecule has 108 valence electrons. The van der Waals surface area contributed by atoms with Gasteiger partial charge < -0.3 is 10.4 Å². The Hall–Kier alpha value is -1.95. The van der Waals surface area contributed by atoms with E-state index in [4.69, 9.17) is 0 Å². The van der Waals surface area contributed by atoms with E-state index in [1.165, 1.54) is 6.07 Å². The Kier molecular flexibility index (Phi) is 4.34. The molecule has 0 unspecified atom stereocenters. The molecule has 0 aromatic heterocycles. The van der Waals surface area contributed by atoms with Crippen LogP contribution >= 0.6 is 0 Å². The normalized spacial score (nSPS) is 22.3. The highest BCUT2D eigenvalue weighted by atomic mass is 16.6. The number of nitro groups is 1. The summed E-state index contributed by atoms with van der Waals surface area (Å²) in [5, 5.41) is 23.3. The summed E-state index contributed by atoms with van der Waals surface area (Å²) in [4.78, 5) is 22.7. The van der Waals surface area contributed by atoms with Gasteiger partial charge in [-0.3, -0.25) is 14.9 Å². The van der Waals surface area contributed by atoms with Crippen molar-refractivity contribution in [1.29, 1.82) is 0 Å². The number of aliphatic hydroxyl groups is 1. The van der Waals surface area contributed by atoms with Gasteiger partial charge in [0, 0.05) is 12.1 Å². The average Bonchev–Trinajstić information content (AvgIpc) is 2.40. The Morgan fingerprint density at radius 3 is 2.60 bits per heavy atom. The van der Waals surface area contributed by atoms with Gasteiger partial charge in [-0.1, -0.05) is 12.1 Å². The van der Waals surface area contributed by atoms with Crippen LogP contribution in [0.2, 0.25) is 0 Å². The summed E-state index contributed by atoms with van der Waals surface area (Å²) < 4.78 is 0. The van der Waals surface area contributed by atoms with Gasteiger partial charge >= 0.3 is 0 Å². The van der Waals surface area contributed by atoms with E-state index in [-0.39, 0.29) is 23.4 Å². The molecule has 1 saturated carbocycles. The second-order valence-corrected chi connectivity index (χ2v) is 5.21.